The van der Waals surface area contributed by atoms with E-state index in [0.29, 0.717) is 15.9 Å². The van der Waals surface area contributed by atoms with E-state index < -0.39 is 11.9 Å². The first kappa shape index (κ1) is 13.6. The molecule has 0 unspecified atom stereocenters. The minimum absolute atomic E-state index is 0.0780. The van der Waals surface area contributed by atoms with E-state index in [2.05, 4.69) is 21.2 Å². The summed E-state index contributed by atoms with van der Waals surface area (Å²) < 4.78 is 5.25. The Morgan fingerprint density at radius 2 is 2.00 bits per heavy atom. The van der Waals surface area contributed by atoms with Crippen LogP contribution >= 0.6 is 27.5 Å². The van der Waals surface area contributed by atoms with Crippen LogP contribution in [0.4, 0.5) is 5.69 Å². The summed E-state index contributed by atoms with van der Waals surface area (Å²) in [4.78, 5) is 22.8. The van der Waals surface area contributed by atoms with Crippen molar-refractivity contribution in [2.75, 3.05) is 5.32 Å². The van der Waals surface area contributed by atoms with Crippen LogP contribution in [0.3, 0.4) is 0 Å². The topological polar surface area (TPSA) is 79.5 Å². The Hall–Kier alpha value is -1.79. The Labute approximate surface area is 121 Å². The highest BCUT2D eigenvalue weighted by Crippen LogP contribution is 2.23. The number of hydrogen-bond acceptors (Lipinski definition) is 3. The molecule has 2 N–H and O–H groups in total. The van der Waals surface area contributed by atoms with E-state index in [1.807, 2.05) is 0 Å². The number of carbonyl (C=O) groups excluding carboxylic acids is 1. The molecule has 0 radical (unpaired) electrons. The van der Waals surface area contributed by atoms with Crippen molar-refractivity contribution in [2.45, 2.75) is 0 Å². The van der Waals surface area contributed by atoms with Gasteiger partial charge in [0.2, 0.25) is 0 Å². The van der Waals surface area contributed by atoms with Crippen molar-refractivity contribution < 1.29 is 19.1 Å². The van der Waals surface area contributed by atoms with Crippen LogP contribution in [0, 0.1) is 0 Å². The van der Waals surface area contributed by atoms with Gasteiger partial charge in [-0.1, -0.05) is 11.6 Å². The molecule has 1 amide bonds. The lowest BCUT2D eigenvalue weighted by Gasteiger charge is -2.06. The van der Waals surface area contributed by atoms with Crippen molar-refractivity contribution >= 4 is 45.1 Å². The van der Waals surface area contributed by atoms with E-state index in [-0.39, 0.29) is 10.6 Å². The summed E-state index contributed by atoms with van der Waals surface area (Å²) in [7, 11) is 0. The molecule has 0 aliphatic carbocycles. The Morgan fingerprint density at radius 3 is 2.58 bits per heavy atom. The standard InChI is InChI=1S/C12H7BrClNO4/c13-10-7(3-4-19-10)11(16)15-6-1-2-9(14)8(5-6)12(17)18/h1-5H,(H,15,16)(H,17,18). The fraction of sp³-hybridized carbons (Fsp3) is 0. The molecule has 0 aliphatic rings. The van der Waals surface area contributed by atoms with E-state index in [4.69, 9.17) is 21.1 Å². The number of carbonyl (C=O) groups is 2. The van der Waals surface area contributed by atoms with Gasteiger partial charge in [-0.15, -0.1) is 0 Å². The maximum absolute atomic E-state index is 11.9. The van der Waals surface area contributed by atoms with Crippen LogP contribution in [-0.2, 0) is 0 Å². The molecule has 5 nitrogen and oxygen atoms in total. The molecule has 19 heavy (non-hydrogen) atoms. The number of rotatable bonds is 3. The summed E-state index contributed by atoms with van der Waals surface area (Å²) in [5, 5.41) is 11.6. The molecule has 98 valence electrons. The molecule has 1 aromatic carbocycles. The van der Waals surface area contributed by atoms with Crippen LogP contribution in [-0.4, -0.2) is 17.0 Å². The first-order chi connectivity index (χ1) is 8.99. The molecular formula is C12H7BrClNO4. The average Bonchev–Trinajstić information content (AvgIpc) is 2.77. The molecule has 1 heterocycles. The van der Waals surface area contributed by atoms with Gasteiger partial charge in [-0.05, 0) is 40.2 Å². The normalized spacial score (nSPS) is 10.2. The van der Waals surface area contributed by atoms with Gasteiger partial charge in [-0.2, -0.15) is 0 Å². The van der Waals surface area contributed by atoms with Gasteiger partial charge < -0.3 is 14.8 Å². The number of carboxylic acid groups (broad SMARTS) is 1. The summed E-state index contributed by atoms with van der Waals surface area (Å²) in [6, 6.07) is 5.70. The van der Waals surface area contributed by atoms with Crippen molar-refractivity contribution in [3.8, 4) is 0 Å². The molecule has 0 saturated heterocycles. The lowest BCUT2D eigenvalue weighted by Crippen LogP contribution is -2.12. The van der Waals surface area contributed by atoms with Gasteiger partial charge in [0, 0.05) is 5.69 Å². The Kier molecular flexibility index (Phi) is 3.92. The first-order valence-corrected chi connectivity index (χ1v) is 6.23. The maximum atomic E-state index is 11.9. The average molecular weight is 345 g/mol. The molecule has 0 atom stereocenters. The summed E-state index contributed by atoms with van der Waals surface area (Å²) >= 11 is 8.82. The Bertz CT molecular complexity index is 653. The molecule has 1 aromatic heterocycles. The second-order valence-corrected chi connectivity index (χ2v) is 4.69. The summed E-state index contributed by atoms with van der Waals surface area (Å²) in [5.74, 6) is -1.58. The molecule has 0 saturated carbocycles. The highest BCUT2D eigenvalue weighted by atomic mass is 79.9. The molecule has 0 fully saturated rings. The minimum Gasteiger partial charge on any atom is -0.478 e. The van der Waals surface area contributed by atoms with E-state index in [1.165, 1.54) is 30.5 Å². The van der Waals surface area contributed by atoms with Crippen molar-refractivity contribution in [1.82, 2.24) is 0 Å². The van der Waals surface area contributed by atoms with Crippen LogP contribution in [0.15, 0.2) is 39.6 Å². The smallest absolute Gasteiger partial charge is 0.337 e. The molecule has 0 aliphatic heterocycles. The lowest BCUT2D eigenvalue weighted by atomic mass is 10.2. The largest absolute Gasteiger partial charge is 0.478 e. The highest BCUT2D eigenvalue weighted by molar-refractivity contribution is 9.10. The van der Waals surface area contributed by atoms with Gasteiger partial charge in [0.15, 0.2) is 4.67 Å². The zero-order valence-electron chi connectivity index (χ0n) is 9.31. The van der Waals surface area contributed by atoms with Crippen molar-refractivity contribution in [2.24, 2.45) is 0 Å². The number of benzene rings is 1. The molecule has 2 rings (SSSR count). The maximum Gasteiger partial charge on any atom is 0.337 e. The second kappa shape index (κ2) is 5.46. The van der Waals surface area contributed by atoms with Gasteiger partial charge in [-0.3, -0.25) is 4.79 Å². The van der Waals surface area contributed by atoms with Crippen LogP contribution in [0.2, 0.25) is 5.02 Å². The number of hydrogen-bond donors (Lipinski definition) is 2. The number of anilines is 1. The quantitative estimate of drug-likeness (QED) is 0.891. The van der Waals surface area contributed by atoms with Crippen molar-refractivity contribution in [1.29, 1.82) is 0 Å². The third-order valence-corrected chi connectivity index (χ3v) is 3.26. The second-order valence-electron chi connectivity index (χ2n) is 3.56. The van der Waals surface area contributed by atoms with E-state index >= 15 is 0 Å². The fourth-order valence-electron chi connectivity index (χ4n) is 1.42. The van der Waals surface area contributed by atoms with Crippen LogP contribution < -0.4 is 5.32 Å². The van der Waals surface area contributed by atoms with Crippen LogP contribution in [0.5, 0.6) is 0 Å². The summed E-state index contributed by atoms with van der Waals surface area (Å²) in [6.45, 7) is 0. The van der Waals surface area contributed by atoms with Gasteiger partial charge in [-0.25, -0.2) is 4.79 Å². The van der Waals surface area contributed by atoms with Gasteiger partial charge in [0.25, 0.3) is 5.91 Å². The number of nitrogens with one attached hydrogen (secondary N) is 1. The third-order valence-electron chi connectivity index (χ3n) is 2.32. The highest BCUT2D eigenvalue weighted by Gasteiger charge is 2.15. The molecule has 0 bridgehead atoms. The Morgan fingerprint density at radius 1 is 1.26 bits per heavy atom. The number of furan rings is 1. The third kappa shape index (κ3) is 2.97. The Balaban J connectivity index is 2.25. The van der Waals surface area contributed by atoms with E-state index in [0.717, 1.165) is 0 Å². The van der Waals surface area contributed by atoms with Crippen LogP contribution in [0.25, 0.3) is 0 Å². The van der Waals surface area contributed by atoms with E-state index in [1.54, 1.807) is 0 Å². The zero-order valence-corrected chi connectivity index (χ0v) is 11.7. The number of aromatic carboxylic acids is 1. The summed E-state index contributed by atoms with van der Waals surface area (Å²) in [6.07, 6.45) is 1.36. The number of amides is 1. The zero-order chi connectivity index (χ0) is 14.0. The number of carboxylic acids is 1. The summed E-state index contributed by atoms with van der Waals surface area (Å²) in [5.41, 5.74) is 0.567. The van der Waals surface area contributed by atoms with Crippen molar-refractivity contribution in [3.63, 3.8) is 0 Å². The van der Waals surface area contributed by atoms with Gasteiger partial charge >= 0.3 is 5.97 Å². The van der Waals surface area contributed by atoms with E-state index in [9.17, 15) is 9.59 Å². The molecule has 7 heteroatoms. The molecule has 0 spiro atoms. The molecule has 2 aromatic rings. The van der Waals surface area contributed by atoms with Crippen LogP contribution in [0.1, 0.15) is 20.7 Å². The minimum atomic E-state index is -1.16. The van der Waals surface area contributed by atoms with Gasteiger partial charge in [0.05, 0.1) is 22.4 Å². The monoisotopic (exact) mass is 343 g/mol. The van der Waals surface area contributed by atoms with Crippen molar-refractivity contribution in [3.05, 3.63) is 51.3 Å². The lowest BCUT2D eigenvalue weighted by molar-refractivity contribution is 0.0696. The SMILES string of the molecule is O=C(O)c1cc(NC(=O)c2ccoc2Br)ccc1Cl. The first-order valence-electron chi connectivity index (χ1n) is 5.06. The predicted molar refractivity (Wildman–Crippen MR) is 72.8 cm³/mol. The molecular weight excluding hydrogens is 337 g/mol. The van der Waals surface area contributed by atoms with Gasteiger partial charge in [0.1, 0.15) is 0 Å². The predicted octanol–water partition coefficient (Wildman–Crippen LogP) is 3.65. The fourth-order valence-corrected chi connectivity index (χ4v) is 2.04. The number of halogens is 2.